The Balaban J connectivity index is 0.00000100. The molecule has 1 N–H and O–H groups in total. The van der Waals surface area contributed by atoms with Crippen molar-refractivity contribution in [1.29, 1.82) is 0 Å². The van der Waals surface area contributed by atoms with Gasteiger partial charge in [-0.05, 0) is 43.2 Å². The molecule has 0 atom stereocenters. The molecule has 0 saturated carbocycles. The molecule has 3 aromatic rings. The van der Waals surface area contributed by atoms with Gasteiger partial charge in [0, 0.05) is 29.4 Å². The van der Waals surface area contributed by atoms with Gasteiger partial charge in [0.05, 0.1) is 6.61 Å². The Bertz CT molecular complexity index is 856. The number of halogens is 2. The van der Waals surface area contributed by atoms with Crippen molar-refractivity contribution in [3.05, 3.63) is 64.5 Å². The zero-order chi connectivity index (χ0) is 17.9. The first-order valence-corrected chi connectivity index (χ1v) is 8.01. The van der Waals surface area contributed by atoms with Crippen LogP contribution in [0.5, 0.6) is 0 Å². The number of hydrogen-bond donors (Lipinski definition) is 1. The van der Waals surface area contributed by atoms with Crippen LogP contribution < -0.4 is 0 Å². The summed E-state index contributed by atoms with van der Waals surface area (Å²) in [5.74, 6) is -1.70. The van der Waals surface area contributed by atoms with Crippen LogP contribution in [0.4, 0.5) is 8.78 Å². The number of nitrogens with zero attached hydrogens (tertiary/aromatic N) is 2. The quantitative estimate of drug-likeness (QED) is 0.767. The van der Waals surface area contributed by atoms with E-state index in [2.05, 4.69) is 4.98 Å². The summed E-state index contributed by atoms with van der Waals surface area (Å²) >= 11 is 0. The summed E-state index contributed by atoms with van der Waals surface area (Å²) in [5, 5.41) is 10.4. The van der Waals surface area contributed by atoms with Crippen molar-refractivity contribution in [3.8, 4) is 0 Å². The van der Waals surface area contributed by atoms with Crippen molar-refractivity contribution in [2.24, 2.45) is 0 Å². The number of aliphatic hydroxyl groups is 1. The zero-order valence-corrected chi connectivity index (χ0v) is 14.4. The van der Waals surface area contributed by atoms with Crippen LogP contribution in [-0.4, -0.2) is 14.7 Å². The molecule has 2 heterocycles. The molecule has 0 fully saturated rings. The third-order valence-corrected chi connectivity index (χ3v) is 4.00. The van der Waals surface area contributed by atoms with Gasteiger partial charge in [-0.1, -0.05) is 19.9 Å². The Hall–Kier alpha value is -2.27. The van der Waals surface area contributed by atoms with Gasteiger partial charge in [-0.25, -0.2) is 13.8 Å². The minimum Gasteiger partial charge on any atom is -0.392 e. The van der Waals surface area contributed by atoms with Gasteiger partial charge >= 0.3 is 0 Å². The van der Waals surface area contributed by atoms with Gasteiger partial charge in [0.1, 0.15) is 5.65 Å². The lowest BCUT2D eigenvalue weighted by Crippen LogP contribution is -2.03. The van der Waals surface area contributed by atoms with E-state index < -0.39 is 11.6 Å². The lowest BCUT2D eigenvalue weighted by atomic mass is 10.1. The fraction of sp³-hybridized carbons (Fsp3) is 0.316. The SMILES string of the molecule is CC.Cc1nc2c(ccn2Cc2ccc(F)c(F)c2)c(C)c1CO. The second-order valence-electron chi connectivity index (χ2n) is 5.39. The smallest absolute Gasteiger partial charge is 0.159 e. The molecule has 0 amide bonds. The summed E-state index contributed by atoms with van der Waals surface area (Å²) in [6.07, 6.45) is 1.87. The third kappa shape index (κ3) is 3.31. The molecule has 128 valence electrons. The van der Waals surface area contributed by atoms with Crippen LogP contribution in [-0.2, 0) is 13.2 Å². The maximum Gasteiger partial charge on any atom is 0.159 e. The highest BCUT2D eigenvalue weighted by atomic mass is 19.2. The number of rotatable bonds is 3. The Morgan fingerprint density at radius 1 is 1.08 bits per heavy atom. The second-order valence-corrected chi connectivity index (χ2v) is 5.39. The first-order chi connectivity index (χ1) is 11.5. The molecule has 5 heteroatoms. The van der Waals surface area contributed by atoms with E-state index >= 15 is 0 Å². The molecule has 0 spiro atoms. The molecule has 0 aliphatic carbocycles. The van der Waals surface area contributed by atoms with Crippen molar-refractivity contribution in [1.82, 2.24) is 9.55 Å². The van der Waals surface area contributed by atoms with Crippen molar-refractivity contribution < 1.29 is 13.9 Å². The van der Waals surface area contributed by atoms with Gasteiger partial charge in [0.15, 0.2) is 11.6 Å². The van der Waals surface area contributed by atoms with E-state index in [0.29, 0.717) is 12.1 Å². The van der Waals surface area contributed by atoms with Crippen molar-refractivity contribution >= 4 is 11.0 Å². The molecule has 1 aromatic carbocycles. The average molecular weight is 332 g/mol. The van der Waals surface area contributed by atoms with E-state index in [1.807, 2.05) is 44.5 Å². The van der Waals surface area contributed by atoms with Crippen LogP contribution in [0.1, 0.15) is 36.2 Å². The van der Waals surface area contributed by atoms with E-state index in [0.717, 1.165) is 33.9 Å². The molecule has 0 aliphatic rings. The molecule has 0 unspecified atom stereocenters. The molecular weight excluding hydrogens is 310 g/mol. The predicted octanol–water partition coefficient (Wildman–Crippen LogP) is 4.50. The fourth-order valence-corrected chi connectivity index (χ4v) is 2.74. The number of aryl methyl sites for hydroxylation is 2. The fourth-order valence-electron chi connectivity index (χ4n) is 2.74. The molecular formula is C19H22F2N2O. The van der Waals surface area contributed by atoms with Gasteiger partial charge < -0.3 is 9.67 Å². The van der Waals surface area contributed by atoms with Crippen LogP contribution in [0.3, 0.4) is 0 Å². The summed E-state index contributed by atoms with van der Waals surface area (Å²) in [5.41, 5.74) is 4.04. The van der Waals surface area contributed by atoms with Crippen LogP contribution >= 0.6 is 0 Å². The number of pyridine rings is 1. The van der Waals surface area contributed by atoms with E-state index in [4.69, 9.17) is 0 Å². The molecule has 0 bridgehead atoms. The van der Waals surface area contributed by atoms with E-state index in [-0.39, 0.29) is 6.61 Å². The van der Waals surface area contributed by atoms with E-state index in [1.165, 1.54) is 6.07 Å². The number of fused-ring (bicyclic) bond motifs is 1. The number of benzene rings is 1. The first-order valence-electron chi connectivity index (χ1n) is 8.01. The second kappa shape index (κ2) is 7.53. The largest absolute Gasteiger partial charge is 0.392 e. The van der Waals surface area contributed by atoms with Crippen LogP contribution in [0, 0.1) is 25.5 Å². The molecule has 3 rings (SSSR count). The lowest BCUT2D eigenvalue weighted by molar-refractivity contribution is 0.280. The minimum absolute atomic E-state index is 0.0467. The summed E-state index contributed by atoms with van der Waals surface area (Å²) in [6.45, 7) is 8.16. The summed E-state index contributed by atoms with van der Waals surface area (Å²) in [6, 6.07) is 5.81. The number of aromatic nitrogens is 2. The van der Waals surface area contributed by atoms with Crippen molar-refractivity contribution in [2.45, 2.75) is 40.8 Å². The van der Waals surface area contributed by atoms with Gasteiger partial charge in [0.2, 0.25) is 0 Å². The van der Waals surface area contributed by atoms with Gasteiger partial charge in [-0.15, -0.1) is 0 Å². The molecule has 2 aromatic heterocycles. The van der Waals surface area contributed by atoms with E-state index in [1.54, 1.807) is 6.07 Å². The molecule has 0 saturated heterocycles. The Labute approximate surface area is 140 Å². The molecule has 0 radical (unpaired) electrons. The maximum absolute atomic E-state index is 13.3. The topological polar surface area (TPSA) is 38.0 Å². The van der Waals surface area contributed by atoms with Gasteiger partial charge in [-0.2, -0.15) is 0 Å². The molecule has 24 heavy (non-hydrogen) atoms. The first kappa shape index (κ1) is 18.1. The van der Waals surface area contributed by atoms with Crippen molar-refractivity contribution in [2.75, 3.05) is 0 Å². The maximum atomic E-state index is 13.3. The Kier molecular flexibility index (Phi) is 5.67. The third-order valence-electron chi connectivity index (χ3n) is 4.00. The summed E-state index contributed by atoms with van der Waals surface area (Å²) in [4.78, 5) is 4.54. The standard InChI is InChI=1S/C17H16F2N2O.C2H6/c1-10-13-5-6-21(17(13)20-11(2)14(10)9-22)8-12-3-4-15(18)16(19)7-12;1-2/h3-7,22H,8-9H2,1-2H3;1-2H3. The lowest BCUT2D eigenvalue weighted by Gasteiger charge is -2.10. The zero-order valence-electron chi connectivity index (χ0n) is 14.4. The summed E-state index contributed by atoms with van der Waals surface area (Å²) < 4.78 is 28.2. The number of aliphatic hydroxyl groups excluding tert-OH is 1. The average Bonchev–Trinajstić information content (AvgIpc) is 2.96. The van der Waals surface area contributed by atoms with Gasteiger partial charge in [-0.3, -0.25) is 0 Å². The number of hydrogen-bond acceptors (Lipinski definition) is 2. The van der Waals surface area contributed by atoms with Crippen molar-refractivity contribution in [3.63, 3.8) is 0 Å². The highest BCUT2D eigenvalue weighted by molar-refractivity contribution is 5.81. The molecule has 0 aliphatic heterocycles. The highest BCUT2D eigenvalue weighted by Gasteiger charge is 2.12. The van der Waals surface area contributed by atoms with Crippen LogP contribution in [0.25, 0.3) is 11.0 Å². The monoisotopic (exact) mass is 332 g/mol. The molecule has 3 nitrogen and oxygen atoms in total. The minimum atomic E-state index is -0.850. The summed E-state index contributed by atoms with van der Waals surface area (Å²) in [7, 11) is 0. The normalized spacial score (nSPS) is 10.6. The van der Waals surface area contributed by atoms with Crippen LogP contribution in [0.2, 0.25) is 0 Å². The van der Waals surface area contributed by atoms with E-state index in [9.17, 15) is 13.9 Å². The Morgan fingerprint density at radius 2 is 1.79 bits per heavy atom. The predicted molar refractivity (Wildman–Crippen MR) is 91.9 cm³/mol. The Morgan fingerprint density at radius 3 is 2.42 bits per heavy atom. The highest BCUT2D eigenvalue weighted by Crippen LogP contribution is 2.24. The van der Waals surface area contributed by atoms with Gasteiger partial charge in [0.25, 0.3) is 0 Å². The van der Waals surface area contributed by atoms with Crippen LogP contribution in [0.15, 0.2) is 30.5 Å².